The smallest absolute Gasteiger partial charge is 0.154 e. The molecule has 1 fully saturated rings. The Morgan fingerprint density at radius 2 is 1.93 bits per heavy atom. The van der Waals surface area contributed by atoms with Gasteiger partial charge < -0.3 is 5.32 Å². The van der Waals surface area contributed by atoms with E-state index < -0.39 is 0 Å². The second-order valence-electron chi connectivity index (χ2n) is 6.65. The maximum atomic E-state index is 14.9. The number of aromatic nitrogens is 3. The predicted molar refractivity (Wildman–Crippen MR) is 109 cm³/mol. The number of rotatable bonds is 4. The summed E-state index contributed by atoms with van der Waals surface area (Å²) in [7, 11) is 1.80. The van der Waals surface area contributed by atoms with Gasteiger partial charge in [0.15, 0.2) is 5.82 Å². The van der Waals surface area contributed by atoms with Crippen molar-refractivity contribution in [2.24, 2.45) is 0 Å². The van der Waals surface area contributed by atoms with Crippen LogP contribution in [0, 0.1) is 5.82 Å². The van der Waals surface area contributed by atoms with Gasteiger partial charge in [0.1, 0.15) is 11.3 Å². The molecule has 5 nitrogen and oxygen atoms in total. The van der Waals surface area contributed by atoms with Gasteiger partial charge in [0.25, 0.3) is 0 Å². The highest BCUT2D eigenvalue weighted by molar-refractivity contribution is 7.96. The lowest BCUT2D eigenvalue weighted by molar-refractivity contribution is 0.341. The third-order valence-electron chi connectivity index (χ3n) is 5.14. The fourth-order valence-corrected chi connectivity index (χ4v) is 4.24. The lowest BCUT2D eigenvalue weighted by Crippen LogP contribution is -2.27. The molecule has 3 heterocycles. The average molecular weight is 383 g/mol. The first-order valence-electron chi connectivity index (χ1n) is 9.08. The first kappa shape index (κ1) is 18.1. The Bertz CT molecular complexity index is 956. The Labute approximate surface area is 162 Å². The van der Waals surface area contributed by atoms with Gasteiger partial charge in [-0.1, -0.05) is 24.1 Å². The molecule has 0 aliphatic carbocycles. The summed E-state index contributed by atoms with van der Waals surface area (Å²) in [5, 5.41) is 3.05. The molecular weight excluding hydrogens is 361 g/mol. The summed E-state index contributed by atoms with van der Waals surface area (Å²) in [5.41, 5.74) is 3.70. The van der Waals surface area contributed by atoms with E-state index in [1.54, 1.807) is 37.5 Å². The zero-order chi connectivity index (χ0) is 18.8. The van der Waals surface area contributed by atoms with Gasteiger partial charge in [0, 0.05) is 38.1 Å². The molecule has 1 N–H and O–H groups in total. The molecule has 3 aromatic rings. The van der Waals surface area contributed by atoms with Crippen LogP contribution in [-0.4, -0.2) is 45.7 Å². The van der Waals surface area contributed by atoms with Crippen molar-refractivity contribution in [3.8, 4) is 11.3 Å². The first-order valence-corrected chi connectivity index (χ1v) is 10.3. The number of piperidine rings is 1. The fraction of sp³-hybridized carbons (Fsp3) is 0.350. The number of benzene rings is 1. The zero-order valence-corrected chi connectivity index (χ0v) is 16.3. The van der Waals surface area contributed by atoms with Crippen molar-refractivity contribution in [3.63, 3.8) is 0 Å². The standard InChI is InChI=1S/C20H22FN5S/c1-22-20-19-18(23-7-8-24-19)12-17(25-20)14-3-4-15(16(21)11-14)13-5-9-26(27-2)10-6-13/h3-4,7-8,11-13H,5-6,9-10H2,1-2H3,(H,22,25). The molecule has 140 valence electrons. The molecule has 4 rings (SSSR count). The van der Waals surface area contributed by atoms with Gasteiger partial charge in [-0.3, -0.25) is 9.29 Å². The van der Waals surface area contributed by atoms with Crippen LogP contribution < -0.4 is 5.32 Å². The highest BCUT2D eigenvalue weighted by Crippen LogP contribution is 2.34. The van der Waals surface area contributed by atoms with E-state index in [4.69, 9.17) is 0 Å². The van der Waals surface area contributed by atoms with Crippen molar-refractivity contribution < 1.29 is 4.39 Å². The SMILES string of the molecule is CNc1nc(-c2ccc(C3CCN(SC)CC3)c(F)c2)cc2nccnc12. The van der Waals surface area contributed by atoms with Crippen LogP contribution in [0.5, 0.6) is 0 Å². The number of halogens is 1. The fourth-order valence-electron chi connectivity index (χ4n) is 3.66. The molecule has 27 heavy (non-hydrogen) atoms. The van der Waals surface area contributed by atoms with E-state index >= 15 is 0 Å². The molecule has 1 aromatic carbocycles. The summed E-state index contributed by atoms with van der Waals surface area (Å²) >= 11 is 1.77. The van der Waals surface area contributed by atoms with Crippen molar-refractivity contribution in [1.82, 2.24) is 19.3 Å². The summed E-state index contributed by atoms with van der Waals surface area (Å²) in [5.74, 6) is 0.775. The van der Waals surface area contributed by atoms with Crippen LogP contribution in [0.2, 0.25) is 0 Å². The van der Waals surface area contributed by atoms with Gasteiger partial charge in [-0.25, -0.2) is 14.4 Å². The number of pyridine rings is 1. The van der Waals surface area contributed by atoms with E-state index in [2.05, 4.69) is 30.8 Å². The summed E-state index contributed by atoms with van der Waals surface area (Å²) < 4.78 is 17.2. The van der Waals surface area contributed by atoms with Crippen molar-refractivity contribution in [2.45, 2.75) is 18.8 Å². The molecule has 1 saturated heterocycles. The average Bonchev–Trinajstić information content (AvgIpc) is 2.73. The molecular formula is C20H22FN5S. The topological polar surface area (TPSA) is 53.9 Å². The van der Waals surface area contributed by atoms with Crippen LogP contribution in [0.25, 0.3) is 22.3 Å². The minimum atomic E-state index is -0.151. The molecule has 1 aliphatic heterocycles. The Kier molecular flexibility index (Phi) is 5.22. The molecule has 0 spiro atoms. The number of anilines is 1. The van der Waals surface area contributed by atoms with Crippen LogP contribution in [0.15, 0.2) is 36.7 Å². The maximum Gasteiger partial charge on any atom is 0.154 e. The van der Waals surface area contributed by atoms with Crippen molar-refractivity contribution in [1.29, 1.82) is 0 Å². The van der Waals surface area contributed by atoms with Crippen LogP contribution in [-0.2, 0) is 0 Å². The van der Waals surface area contributed by atoms with Gasteiger partial charge in [0.2, 0.25) is 0 Å². The van der Waals surface area contributed by atoms with E-state index in [0.29, 0.717) is 17.0 Å². The largest absolute Gasteiger partial charge is 0.371 e. The minimum absolute atomic E-state index is 0.151. The van der Waals surface area contributed by atoms with Crippen molar-refractivity contribution in [2.75, 3.05) is 31.7 Å². The Morgan fingerprint density at radius 1 is 1.15 bits per heavy atom. The summed E-state index contributed by atoms with van der Waals surface area (Å²) in [6.07, 6.45) is 7.36. The van der Waals surface area contributed by atoms with Crippen LogP contribution in [0.4, 0.5) is 10.2 Å². The van der Waals surface area contributed by atoms with Gasteiger partial charge in [-0.2, -0.15) is 0 Å². The van der Waals surface area contributed by atoms with Gasteiger partial charge in [-0.05, 0) is 42.7 Å². The van der Waals surface area contributed by atoms with E-state index in [1.165, 1.54) is 0 Å². The van der Waals surface area contributed by atoms with Crippen LogP contribution in [0.1, 0.15) is 24.3 Å². The monoisotopic (exact) mass is 383 g/mol. The number of nitrogens with one attached hydrogen (secondary N) is 1. The van der Waals surface area contributed by atoms with E-state index in [0.717, 1.165) is 42.6 Å². The third kappa shape index (κ3) is 3.61. The molecule has 0 saturated carbocycles. The summed E-state index contributed by atoms with van der Waals surface area (Å²) in [6, 6.07) is 7.34. The summed E-state index contributed by atoms with van der Waals surface area (Å²) in [4.78, 5) is 13.3. The van der Waals surface area contributed by atoms with Crippen molar-refractivity contribution >= 4 is 28.8 Å². The Hall–Kier alpha value is -2.25. The summed E-state index contributed by atoms with van der Waals surface area (Å²) in [6.45, 7) is 2.01. The number of hydrogen-bond donors (Lipinski definition) is 1. The first-order chi connectivity index (χ1) is 13.2. The Balaban J connectivity index is 1.66. The number of fused-ring (bicyclic) bond motifs is 1. The van der Waals surface area contributed by atoms with Crippen LogP contribution in [0.3, 0.4) is 0 Å². The molecule has 0 atom stereocenters. The Morgan fingerprint density at radius 3 is 2.63 bits per heavy atom. The highest BCUT2D eigenvalue weighted by Gasteiger charge is 2.23. The molecule has 0 amide bonds. The lowest BCUT2D eigenvalue weighted by atomic mass is 9.89. The molecule has 0 radical (unpaired) electrons. The zero-order valence-electron chi connectivity index (χ0n) is 15.4. The normalized spacial score (nSPS) is 16.0. The predicted octanol–water partition coefficient (Wildman–Crippen LogP) is 4.33. The van der Waals surface area contributed by atoms with Crippen molar-refractivity contribution in [3.05, 3.63) is 48.0 Å². The van der Waals surface area contributed by atoms with E-state index in [1.807, 2.05) is 18.2 Å². The van der Waals surface area contributed by atoms with E-state index in [-0.39, 0.29) is 11.7 Å². The van der Waals surface area contributed by atoms with E-state index in [9.17, 15) is 4.39 Å². The second kappa shape index (κ2) is 7.78. The molecule has 7 heteroatoms. The number of hydrogen-bond acceptors (Lipinski definition) is 6. The van der Waals surface area contributed by atoms with Crippen LogP contribution >= 0.6 is 11.9 Å². The molecule has 0 unspecified atom stereocenters. The highest BCUT2D eigenvalue weighted by atomic mass is 32.2. The van der Waals surface area contributed by atoms with Gasteiger partial charge in [-0.15, -0.1) is 0 Å². The van der Waals surface area contributed by atoms with Gasteiger partial charge >= 0.3 is 0 Å². The molecule has 1 aliphatic rings. The second-order valence-corrected chi connectivity index (χ2v) is 7.53. The molecule has 0 bridgehead atoms. The third-order valence-corrected chi connectivity index (χ3v) is 6.02. The minimum Gasteiger partial charge on any atom is -0.371 e. The number of nitrogens with zero attached hydrogens (tertiary/aromatic N) is 4. The maximum absolute atomic E-state index is 14.9. The lowest BCUT2D eigenvalue weighted by Gasteiger charge is -2.30. The van der Waals surface area contributed by atoms with Gasteiger partial charge in [0.05, 0.1) is 11.2 Å². The quantitative estimate of drug-likeness (QED) is 0.677. The molecule has 2 aromatic heterocycles.